The third kappa shape index (κ3) is 6.10. The smallest absolute Gasteiger partial charge is 0.267 e. The van der Waals surface area contributed by atoms with E-state index in [0.717, 1.165) is 25.9 Å². The molecule has 1 amide bonds. The Morgan fingerprint density at radius 1 is 1.11 bits per heavy atom. The van der Waals surface area contributed by atoms with Crippen LogP contribution in [0.2, 0.25) is 0 Å². The average molecular weight is 528 g/mol. The largest absolute Gasteiger partial charge is 0.485 e. The van der Waals surface area contributed by atoms with Crippen LogP contribution < -0.4 is 25.4 Å². The predicted molar refractivity (Wildman–Crippen MR) is 144 cm³/mol. The van der Waals surface area contributed by atoms with Crippen molar-refractivity contribution in [1.29, 1.82) is 0 Å². The summed E-state index contributed by atoms with van der Waals surface area (Å²) in [4.78, 5) is 25.4. The lowest BCUT2D eigenvalue weighted by Gasteiger charge is -2.46. The fourth-order valence-electron chi connectivity index (χ4n) is 5.78. The molecule has 206 valence electrons. The van der Waals surface area contributed by atoms with E-state index in [-0.39, 0.29) is 41.4 Å². The van der Waals surface area contributed by atoms with Crippen LogP contribution in [0.15, 0.2) is 24.4 Å². The van der Waals surface area contributed by atoms with Gasteiger partial charge in [0, 0.05) is 55.1 Å². The maximum Gasteiger partial charge on any atom is 0.267 e. The van der Waals surface area contributed by atoms with Crippen LogP contribution in [0.1, 0.15) is 40.5 Å². The Kier molecular flexibility index (Phi) is 7.08. The molecule has 0 aliphatic carbocycles. The fourth-order valence-corrected chi connectivity index (χ4v) is 5.78. The van der Waals surface area contributed by atoms with Gasteiger partial charge in [-0.3, -0.25) is 4.79 Å². The number of carbonyl (C=O) groups is 1. The molecule has 3 aliphatic rings. The van der Waals surface area contributed by atoms with Crippen molar-refractivity contribution in [3.8, 4) is 11.5 Å². The number of benzene rings is 1. The number of ether oxygens (including phenoxy) is 2. The molecule has 1 atom stereocenters. The summed E-state index contributed by atoms with van der Waals surface area (Å²) in [7, 11) is 2.05. The molecule has 0 radical (unpaired) electrons. The SMILES string of the molecule is CN1CCN(C(=O)C2COc3cc(Nc4ncc(F)c(NC5CC(C)(C)NC(C)(C)C5)n4)ccc3O2)CC1. The molecule has 4 heterocycles. The summed E-state index contributed by atoms with van der Waals surface area (Å²) in [6, 6.07) is 5.38. The monoisotopic (exact) mass is 527 g/mol. The third-order valence-corrected chi connectivity index (χ3v) is 7.22. The number of carbonyl (C=O) groups excluding carboxylic acids is 1. The lowest BCUT2D eigenvalue weighted by atomic mass is 9.79. The maximum absolute atomic E-state index is 14.6. The Balaban J connectivity index is 1.23. The summed E-state index contributed by atoms with van der Waals surface area (Å²) in [6.07, 6.45) is 2.18. The molecule has 2 fully saturated rings. The molecule has 38 heavy (non-hydrogen) atoms. The van der Waals surface area contributed by atoms with Gasteiger partial charge >= 0.3 is 0 Å². The number of hydrogen-bond acceptors (Lipinski definition) is 9. The first-order valence-electron chi connectivity index (χ1n) is 13.2. The standard InChI is InChI=1S/C27H38FN7O3/c1-26(2)13-18(14-27(3,4)33-26)30-23-19(28)15-29-25(32-23)31-17-6-7-20-21(12-17)37-16-22(38-20)24(36)35-10-8-34(5)9-11-35/h6-7,12,15,18,22,33H,8-11,13-14,16H2,1-5H3,(H2,29,30,31,32). The number of aromatic nitrogens is 2. The van der Waals surface area contributed by atoms with Crippen LogP contribution in [0.4, 0.5) is 21.8 Å². The number of nitrogens with one attached hydrogen (secondary N) is 3. The van der Waals surface area contributed by atoms with Crippen LogP contribution in [0.5, 0.6) is 11.5 Å². The number of rotatable bonds is 5. The summed E-state index contributed by atoms with van der Waals surface area (Å²) in [5.74, 6) is 0.920. The Labute approximate surface area is 223 Å². The van der Waals surface area contributed by atoms with E-state index in [2.05, 4.69) is 58.5 Å². The van der Waals surface area contributed by atoms with E-state index in [9.17, 15) is 9.18 Å². The van der Waals surface area contributed by atoms with Crippen LogP contribution in [-0.2, 0) is 4.79 Å². The van der Waals surface area contributed by atoms with E-state index in [1.54, 1.807) is 18.2 Å². The molecule has 1 aromatic carbocycles. The zero-order valence-corrected chi connectivity index (χ0v) is 22.8. The van der Waals surface area contributed by atoms with Crippen LogP contribution >= 0.6 is 0 Å². The molecule has 0 spiro atoms. The number of hydrogen-bond donors (Lipinski definition) is 3. The highest BCUT2D eigenvalue weighted by atomic mass is 19.1. The van der Waals surface area contributed by atoms with Crippen molar-refractivity contribution in [2.75, 3.05) is 50.5 Å². The highest BCUT2D eigenvalue weighted by Gasteiger charge is 2.38. The Morgan fingerprint density at radius 2 is 1.82 bits per heavy atom. The fraction of sp³-hybridized carbons (Fsp3) is 0.593. The number of nitrogens with zero attached hydrogens (tertiary/aromatic N) is 4. The first kappa shape index (κ1) is 26.4. The van der Waals surface area contributed by atoms with Crippen LogP contribution in [0.25, 0.3) is 0 Å². The number of piperidine rings is 1. The number of piperazine rings is 1. The van der Waals surface area contributed by atoms with Gasteiger partial charge in [0.1, 0.15) is 6.61 Å². The van der Waals surface area contributed by atoms with Crippen molar-refractivity contribution in [3.05, 3.63) is 30.2 Å². The summed E-state index contributed by atoms with van der Waals surface area (Å²) in [5, 5.41) is 10.1. The second-order valence-corrected chi connectivity index (χ2v) is 11.9. The minimum atomic E-state index is -0.663. The average Bonchev–Trinajstić information content (AvgIpc) is 2.84. The first-order chi connectivity index (χ1) is 18.0. The molecule has 2 saturated heterocycles. The van der Waals surface area contributed by atoms with E-state index in [1.807, 2.05) is 11.9 Å². The van der Waals surface area contributed by atoms with Crippen molar-refractivity contribution in [3.63, 3.8) is 0 Å². The van der Waals surface area contributed by atoms with Crippen molar-refractivity contribution in [2.24, 2.45) is 0 Å². The van der Waals surface area contributed by atoms with Gasteiger partial charge in [0.25, 0.3) is 5.91 Å². The topological polar surface area (TPSA) is 104 Å². The molecule has 10 nitrogen and oxygen atoms in total. The van der Waals surface area contributed by atoms with Gasteiger partial charge in [0.05, 0.1) is 6.20 Å². The van der Waals surface area contributed by atoms with Crippen molar-refractivity contribution in [1.82, 2.24) is 25.1 Å². The molecule has 0 saturated carbocycles. The van der Waals surface area contributed by atoms with Gasteiger partial charge in [-0.05, 0) is 59.7 Å². The second-order valence-electron chi connectivity index (χ2n) is 11.9. The van der Waals surface area contributed by atoms with Crippen LogP contribution in [0, 0.1) is 5.82 Å². The maximum atomic E-state index is 14.6. The minimum absolute atomic E-state index is 0.0498. The van der Waals surface area contributed by atoms with Crippen molar-refractivity contribution in [2.45, 2.75) is 63.8 Å². The Morgan fingerprint density at radius 3 is 2.53 bits per heavy atom. The van der Waals surface area contributed by atoms with Gasteiger partial charge in [-0.1, -0.05) is 0 Å². The Bertz CT molecular complexity index is 1170. The normalized spacial score (nSPS) is 23.1. The summed E-state index contributed by atoms with van der Waals surface area (Å²) in [5.41, 5.74) is 0.505. The number of fused-ring (bicyclic) bond motifs is 1. The molecule has 1 aromatic heterocycles. The highest BCUT2D eigenvalue weighted by Crippen LogP contribution is 2.36. The van der Waals surface area contributed by atoms with E-state index >= 15 is 0 Å². The molecule has 2 aromatic rings. The van der Waals surface area contributed by atoms with Gasteiger partial charge < -0.3 is 35.2 Å². The number of amides is 1. The molecule has 3 N–H and O–H groups in total. The first-order valence-corrected chi connectivity index (χ1v) is 13.2. The quantitative estimate of drug-likeness (QED) is 0.541. The summed E-state index contributed by atoms with van der Waals surface area (Å²) < 4.78 is 26.5. The van der Waals surface area contributed by atoms with Crippen LogP contribution in [-0.4, -0.2) is 88.7 Å². The molecular formula is C27H38FN7O3. The van der Waals surface area contributed by atoms with E-state index in [4.69, 9.17) is 9.47 Å². The molecule has 1 unspecified atom stereocenters. The minimum Gasteiger partial charge on any atom is -0.485 e. The highest BCUT2D eigenvalue weighted by molar-refractivity contribution is 5.82. The Hall–Kier alpha value is -3.18. The number of likely N-dealkylation sites (N-methyl/N-ethyl adjacent to an activating group) is 1. The number of halogens is 1. The second kappa shape index (κ2) is 10.2. The third-order valence-electron chi connectivity index (χ3n) is 7.22. The lowest BCUT2D eigenvalue weighted by Crippen LogP contribution is -2.60. The van der Waals surface area contributed by atoms with E-state index in [0.29, 0.717) is 30.3 Å². The van der Waals surface area contributed by atoms with Gasteiger partial charge in [-0.15, -0.1) is 0 Å². The van der Waals surface area contributed by atoms with Crippen LogP contribution in [0.3, 0.4) is 0 Å². The molecule has 0 bridgehead atoms. The van der Waals surface area contributed by atoms with Crippen molar-refractivity contribution >= 4 is 23.4 Å². The van der Waals surface area contributed by atoms with Gasteiger partial charge in [0.2, 0.25) is 12.1 Å². The number of anilines is 3. The lowest BCUT2D eigenvalue weighted by molar-refractivity contribution is -0.142. The molecule has 11 heteroatoms. The predicted octanol–water partition coefficient (Wildman–Crippen LogP) is 2.99. The summed E-state index contributed by atoms with van der Waals surface area (Å²) in [6.45, 7) is 11.8. The van der Waals surface area contributed by atoms with Gasteiger partial charge in [-0.25, -0.2) is 9.37 Å². The summed E-state index contributed by atoms with van der Waals surface area (Å²) >= 11 is 0. The molecule has 5 rings (SSSR count). The van der Waals surface area contributed by atoms with Gasteiger partial charge in [-0.2, -0.15) is 4.98 Å². The zero-order valence-electron chi connectivity index (χ0n) is 22.8. The van der Waals surface area contributed by atoms with E-state index < -0.39 is 11.9 Å². The van der Waals surface area contributed by atoms with Gasteiger partial charge in [0.15, 0.2) is 23.1 Å². The van der Waals surface area contributed by atoms with Crippen molar-refractivity contribution < 1.29 is 18.7 Å². The molecular weight excluding hydrogens is 489 g/mol. The molecule has 3 aliphatic heterocycles. The zero-order chi connectivity index (χ0) is 27.1. The van der Waals surface area contributed by atoms with E-state index in [1.165, 1.54) is 6.20 Å².